The van der Waals surface area contributed by atoms with Gasteiger partial charge in [0.15, 0.2) is 0 Å². The van der Waals surface area contributed by atoms with Gasteiger partial charge in [-0.25, -0.2) is 0 Å². The lowest BCUT2D eigenvalue weighted by atomic mass is 10.0. The van der Waals surface area contributed by atoms with Gasteiger partial charge in [0.1, 0.15) is 5.75 Å². The molecule has 3 nitrogen and oxygen atoms in total. The van der Waals surface area contributed by atoms with Gasteiger partial charge in [-0.2, -0.15) is 0 Å². The highest BCUT2D eigenvalue weighted by molar-refractivity contribution is 6.05. The van der Waals surface area contributed by atoms with Gasteiger partial charge in [-0.05, 0) is 60.0 Å². The molecule has 0 radical (unpaired) electrons. The number of nitrogens with one attached hydrogen (secondary N) is 1. The van der Waals surface area contributed by atoms with E-state index in [2.05, 4.69) is 29.6 Å². The lowest BCUT2D eigenvalue weighted by Crippen LogP contribution is -2.14. The van der Waals surface area contributed by atoms with Crippen molar-refractivity contribution in [2.24, 2.45) is 0 Å². The van der Waals surface area contributed by atoms with Gasteiger partial charge in [-0.3, -0.25) is 4.79 Å². The minimum atomic E-state index is 0.00265. The zero-order valence-corrected chi connectivity index (χ0v) is 14.3. The SMILES string of the molecule is CCOc1ccc(CC(=O)Nc2ccc3c4c(cccc24)CC3)cc1. The van der Waals surface area contributed by atoms with Gasteiger partial charge in [0, 0.05) is 11.1 Å². The summed E-state index contributed by atoms with van der Waals surface area (Å²) in [5.41, 5.74) is 4.65. The van der Waals surface area contributed by atoms with Crippen molar-refractivity contribution in [3.63, 3.8) is 0 Å². The Labute approximate surface area is 147 Å². The van der Waals surface area contributed by atoms with E-state index in [0.717, 1.165) is 35.2 Å². The van der Waals surface area contributed by atoms with Crippen LogP contribution < -0.4 is 10.1 Å². The summed E-state index contributed by atoms with van der Waals surface area (Å²) in [7, 11) is 0. The molecule has 0 heterocycles. The van der Waals surface area contributed by atoms with Crippen LogP contribution in [0.5, 0.6) is 5.75 Å². The zero-order valence-electron chi connectivity index (χ0n) is 14.3. The molecule has 1 aliphatic carbocycles. The molecule has 0 unspecified atom stereocenters. The zero-order chi connectivity index (χ0) is 17.2. The molecule has 1 N–H and O–H groups in total. The van der Waals surface area contributed by atoms with Crippen LogP contribution in [0.25, 0.3) is 10.8 Å². The molecule has 0 spiro atoms. The maximum absolute atomic E-state index is 12.5. The number of hydrogen-bond donors (Lipinski definition) is 1. The van der Waals surface area contributed by atoms with Crippen LogP contribution in [0.15, 0.2) is 54.6 Å². The number of benzene rings is 3. The third-order valence-electron chi connectivity index (χ3n) is 4.75. The standard InChI is InChI=1S/C22H21NO2/c1-2-25-18-11-6-15(7-12-18)14-21(24)23-20-13-10-17-9-8-16-4-3-5-19(20)22(16)17/h3-7,10-13H,2,8-9,14H2,1H3,(H,23,24). The first-order chi connectivity index (χ1) is 12.2. The van der Waals surface area contributed by atoms with Crippen LogP contribution in [-0.2, 0) is 24.1 Å². The maximum Gasteiger partial charge on any atom is 0.228 e. The Morgan fingerprint density at radius 1 is 1.00 bits per heavy atom. The van der Waals surface area contributed by atoms with E-state index in [1.54, 1.807) is 0 Å². The highest BCUT2D eigenvalue weighted by atomic mass is 16.5. The van der Waals surface area contributed by atoms with Crippen LogP contribution in [0, 0.1) is 0 Å². The highest BCUT2D eigenvalue weighted by Crippen LogP contribution is 2.35. The van der Waals surface area contributed by atoms with Gasteiger partial charge < -0.3 is 10.1 Å². The minimum absolute atomic E-state index is 0.00265. The predicted molar refractivity (Wildman–Crippen MR) is 101 cm³/mol. The first kappa shape index (κ1) is 15.7. The summed E-state index contributed by atoms with van der Waals surface area (Å²) in [5, 5.41) is 5.55. The number of aryl methyl sites for hydroxylation is 2. The summed E-state index contributed by atoms with van der Waals surface area (Å²) in [5.74, 6) is 0.835. The Morgan fingerprint density at radius 2 is 1.76 bits per heavy atom. The summed E-state index contributed by atoms with van der Waals surface area (Å²) in [4.78, 5) is 12.5. The summed E-state index contributed by atoms with van der Waals surface area (Å²) in [6, 6.07) is 18.2. The molecule has 1 aliphatic rings. The van der Waals surface area contributed by atoms with Crippen LogP contribution in [0.1, 0.15) is 23.6 Å². The first-order valence-corrected chi connectivity index (χ1v) is 8.79. The predicted octanol–water partition coefficient (Wildman–Crippen LogP) is 4.52. The average molecular weight is 331 g/mol. The molecule has 0 aromatic heterocycles. The van der Waals surface area contributed by atoms with Gasteiger partial charge in [-0.1, -0.05) is 36.4 Å². The third kappa shape index (κ3) is 3.10. The van der Waals surface area contributed by atoms with Crippen LogP contribution in [-0.4, -0.2) is 12.5 Å². The Kier molecular flexibility index (Phi) is 4.14. The lowest BCUT2D eigenvalue weighted by Gasteiger charge is -2.11. The molecular formula is C22H21NO2. The van der Waals surface area contributed by atoms with E-state index < -0.39 is 0 Å². The average Bonchev–Trinajstić information content (AvgIpc) is 3.04. The molecule has 126 valence electrons. The van der Waals surface area contributed by atoms with E-state index in [9.17, 15) is 4.79 Å². The largest absolute Gasteiger partial charge is 0.494 e. The van der Waals surface area contributed by atoms with E-state index in [1.807, 2.05) is 37.3 Å². The number of ether oxygens (including phenoxy) is 1. The highest BCUT2D eigenvalue weighted by Gasteiger charge is 2.16. The van der Waals surface area contributed by atoms with Crippen molar-refractivity contribution in [1.29, 1.82) is 0 Å². The van der Waals surface area contributed by atoms with Crippen molar-refractivity contribution in [3.8, 4) is 5.75 Å². The van der Waals surface area contributed by atoms with Crippen molar-refractivity contribution >= 4 is 22.4 Å². The molecule has 3 aromatic carbocycles. The first-order valence-electron chi connectivity index (χ1n) is 8.79. The number of carbonyl (C=O) groups is 1. The second-order valence-electron chi connectivity index (χ2n) is 6.41. The minimum Gasteiger partial charge on any atom is -0.494 e. The molecule has 0 bridgehead atoms. The molecule has 0 fully saturated rings. The smallest absolute Gasteiger partial charge is 0.228 e. The van der Waals surface area contributed by atoms with Gasteiger partial charge in [0.05, 0.1) is 13.0 Å². The van der Waals surface area contributed by atoms with Crippen molar-refractivity contribution in [2.45, 2.75) is 26.2 Å². The molecule has 25 heavy (non-hydrogen) atoms. The van der Waals surface area contributed by atoms with Gasteiger partial charge in [0.2, 0.25) is 5.91 Å². The maximum atomic E-state index is 12.5. The van der Waals surface area contributed by atoms with E-state index in [1.165, 1.54) is 16.5 Å². The number of amides is 1. The number of hydrogen-bond acceptors (Lipinski definition) is 2. The van der Waals surface area contributed by atoms with Gasteiger partial charge in [0.25, 0.3) is 0 Å². The second-order valence-corrected chi connectivity index (χ2v) is 6.41. The van der Waals surface area contributed by atoms with Crippen molar-refractivity contribution < 1.29 is 9.53 Å². The monoisotopic (exact) mass is 331 g/mol. The van der Waals surface area contributed by atoms with Gasteiger partial charge in [-0.15, -0.1) is 0 Å². The molecule has 4 rings (SSSR count). The summed E-state index contributed by atoms with van der Waals surface area (Å²) < 4.78 is 5.44. The van der Waals surface area contributed by atoms with E-state index in [-0.39, 0.29) is 5.91 Å². The number of carbonyl (C=O) groups excluding carboxylic acids is 1. The summed E-state index contributed by atoms with van der Waals surface area (Å²) >= 11 is 0. The molecule has 1 amide bonds. The Balaban J connectivity index is 1.53. The number of rotatable bonds is 5. The van der Waals surface area contributed by atoms with Gasteiger partial charge >= 0.3 is 0 Å². The van der Waals surface area contributed by atoms with Crippen LogP contribution in [0.4, 0.5) is 5.69 Å². The molecule has 0 atom stereocenters. The topological polar surface area (TPSA) is 38.3 Å². The molecule has 0 saturated heterocycles. The third-order valence-corrected chi connectivity index (χ3v) is 4.75. The second kappa shape index (κ2) is 6.60. The van der Waals surface area contributed by atoms with E-state index in [4.69, 9.17) is 4.74 Å². The number of anilines is 1. The normalized spacial score (nSPS) is 12.4. The Morgan fingerprint density at radius 3 is 2.52 bits per heavy atom. The fourth-order valence-electron chi connectivity index (χ4n) is 3.61. The fraction of sp³-hybridized carbons (Fsp3) is 0.227. The molecule has 3 heteroatoms. The summed E-state index contributed by atoms with van der Waals surface area (Å²) in [6.07, 6.45) is 2.54. The Hall–Kier alpha value is -2.81. The quantitative estimate of drug-likeness (QED) is 0.746. The molecular weight excluding hydrogens is 310 g/mol. The van der Waals surface area contributed by atoms with E-state index in [0.29, 0.717) is 13.0 Å². The van der Waals surface area contributed by atoms with Crippen molar-refractivity contribution in [3.05, 3.63) is 71.3 Å². The summed E-state index contributed by atoms with van der Waals surface area (Å²) in [6.45, 7) is 2.60. The molecule has 3 aromatic rings. The molecule has 0 saturated carbocycles. The lowest BCUT2D eigenvalue weighted by molar-refractivity contribution is -0.115. The Bertz CT molecular complexity index is 918. The fourth-order valence-corrected chi connectivity index (χ4v) is 3.61. The van der Waals surface area contributed by atoms with Crippen LogP contribution in [0.2, 0.25) is 0 Å². The van der Waals surface area contributed by atoms with Crippen molar-refractivity contribution in [2.75, 3.05) is 11.9 Å². The van der Waals surface area contributed by atoms with Crippen molar-refractivity contribution in [1.82, 2.24) is 0 Å². The van der Waals surface area contributed by atoms with Crippen LogP contribution >= 0.6 is 0 Å². The van der Waals surface area contributed by atoms with E-state index >= 15 is 0 Å². The van der Waals surface area contributed by atoms with Crippen LogP contribution in [0.3, 0.4) is 0 Å². The molecule has 0 aliphatic heterocycles.